The third kappa shape index (κ3) is 3.19. The molecule has 0 aliphatic heterocycles. The van der Waals surface area contributed by atoms with Gasteiger partial charge in [0.15, 0.2) is 0 Å². The first-order valence-corrected chi connectivity index (χ1v) is 6.56. The Morgan fingerprint density at radius 1 is 1.11 bits per heavy atom. The van der Waals surface area contributed by atoms with Crippen molar-refractivity contribution >= 4 is 0 Å². The molecule has 100 valence electrons. The van der Waals surface area contributed by atoms with Crippen molar-refractivity contribution in [2.75, 3.05) is 0 Å². The smallest absolute Gasteiger partial charge is 0.0419 e. The van der Waals surface area contributed by atoms with Gasteiger partial charge in [0.05, 0.1) is 0 Å². The second-order valence-electron chi connectivity index (χ2n) is 5.33. The fourth-order valence-electron chi connectivity index (χ4n) is 2.32. The molecule has 3 heteroatoms. The average Bonchev–Trinajstić information content (AvgIpc) is 2.46. The molecular weight excluding hydrogens is 234 g/mol. The van der Waals surface area contributed by atoms with Gasteiger partial charge in [0.25, 0.3) is 0 Å². The van der Waals surface area contributed by atoms with Crippen molar-refractivity contribution in [2.45, 2.75) is 31.7 Å². The maximum absolute atomic E-state index is 5.77. The number of rotatable bonds is 5. The van der Waals surface area contributed by atoms with Gasteiger partial charge in [0, 0.05) is 29.8 Å². The summed E-state index contributed by atoms with van der Waals surface area (Å²) in [6.07, 6.45) is 2.62. The number of nitrogens with zero attached hydrogens (tertiary/aromatic N) is 1. The van der Waals surface area contributed by atoms with Crippen LogP contribution in [0.15, 0.2) is 54.7 Å². The molecule has 0 saturated carbocycles. The molecule has 0 saturated heterocycles. The molecule has 0 amide bonds. The molecule has 1 aromatic carbocycles. The van der Waals surface area contributed by atoms with E-state index in [2.05, 4.69) is 48.5 Å². The van der Waals surface area contributed by atoms with Crippen LogP contribution in [-0.4, -0.2) is 11.0 Å². The lowest BCUT2D eigenvalue weighted by Gasteiger charge is -2.34. The molecule has 2 aromatic rings. The lowest BCUT2D eigenvalue weighted by atomic mass is 9.76. The number of hydrazine groups is 1. The van der Waals surface area contributed by atoms with Gasteiger partial charge in [-0.15, -0.1) is 0 Å². The Morgan fingerprint density at radius 2 is 1.79 bits per heavy atom. The summed E-state index contributed by atoms with van der Waals surface area (Å²) in [5, 5.41) is 0. The number of nitrogens with two attached hydrogens (primary N) is 1. The second-order valence-corrected chi connectivity index (χ2v) is 5.33. The van der Waals surface area contributed by atoms with Gasteiger partial charge in [-0.3, -0.25) is 16.3 Å². The first-order chi connectivity index (χ1) is 9.14. The molecule has 3 N–H and O–H groups in total. The largest absolute Gasteiger partial charge is 0.271 e. The molecule has 0 aliphatic carbocycles. The Labute approximate surface area is 114 Å². The summed E-state index contributed by atoms with van der Waals surface area (Å²) in [7, 11) is 0. The Hall–Kier alpha value is -1.71. The molecule has 1 atom stereocenters. The number of aromatic nitrogens is 1. The summed E-state index contributed by atoms with van der Waals surface area (Å²) in [6.45, 7) is 4.41. The second kappa shape index (κ2) is 5.95. The van der Waals surface area contributed by atoms with Crippen molar-refractivity contribution in [1.82, 2.24) is 10.4 Å². The van der Waals surface area contributed by atoms with E-state index in [1.54, 1.807) is 0 Å². The number of benzene rings is 1. The third-order valence-electron chi connectivity index (χ3n) is 3.73. The SMILES string of the molecule is CC(C)(c1ccccc1)C(Cc1ccccn1)NN. The van der Waals surface area contributed by atoms with Crippen LogP contribution in [0.3, 0.4) is 0 Å². The van der Waals surface area contributed by atoms with Gasteiger partial charge in [0.1, 0.15) is 0 Å². The fraction of sp³-hybridized carbons (Fsp3) is 0.312. The van der Waals surface area contributed by atoms with E-state index in [4.69, 9.17) is 5.84 Å². The molecule has 0 bridgehead atoms. The van der Waals surface area contributed by atoms with Crippen molar-refractivity contribution in [2.24, 2.45) is 5.84 Å². The molecule has 0 fully saturated rings. The molecule has 19 heavy (non-hydrogen) atoms. The van der Waals surface area contributed by atoms with Gasteiger partial charge in [-0.2, -0.15) is 0 Å². The summed E-state index contributed by atoms with van der Waals surface area (Å²) in [5.74, 6) is 5.77. The van der Waals surface area contributed by atoms with Crippen LogP contribution >= 0.6 is 0 Å². The van der Waals surface area contributed by atoms with Crippen molar-refractivity contribution in [3.8, 4) is 0 Å². The van der Waals surface area contributed by atoms with E-state index in [9.17, 15) is 0 Å². The molecule has 1 aromatic heterocycles. The van der Waals surface area contributed by atoms with Gasteiger partial charge >= 0.3 is 0 Å². The Morgan fingerprint density at radius 3 is 2.37 bits per heavy atom. The molecule has 0 radical (unpaired) electrons. The molecular formula is C16H21N3. The number of pyridine rings is 1. The standard InChI is InChI=1S/C16H21N3/c1-16(2,13-8-4-3-5-9-13)15(19-17)12-14-10-6-7-11-18-14/h3-11,15,19H,12,17H2,1-2H3. The van der Waals surface area contributed by atoms with Crippen LogP contribution in [0.25, 0.3) is 0 Å². The molecule has 3 nitrogen and oxygen atoms in total. The lowest BCUT2D eigenvalue weighted by Crippen LogP contribution is -2.49. The summed E-state index contributed by atoms with van der Waals surface area (Å²) in [6, 6.07) is 16.5. The van der Waals surface area contributed by atoms with Crippen LogP contribution in [0, 0.1) is 0 Å². The van der Waals surface area contributed by atoms with E-state index in [1.807, 2.05) is 30.5 Å². The highest BCUT2D eigenvalue weighted by Gasteiger charge is 2.30. The fourth-order valence-corrected chi connectivity index (χ4v) is 2.32. The monoisotopic (exact) mass is 255 g/mol. The summed E-state index contributed by atoms with van der Waals surface area (Å²) < 4.78 is 0. The van der Waals surface area contributed by atoms with E-state index >= 15 is 0 Å². The van der Waals surface area contributed by atoms with Gasteiger partial charge in [-0.05, 0) is 17.7 Å². The Balaban J connectivity index is 2.21. The highest BCUT2D eigenvalue weighted by molar-refractivity contribution is 5.26. The lowest BCUT2D eigenvalue weighted by molar-refractivity contribution is 0.339. The predicted molar refractivity (Wildman–Crippen MR) is 78.5 cm³/mol. The minimum Gasteiger partial charge on any atom is -0.271 e. The van der Waals surface area contributed by atoms with E-state index in [0.29, 0.717) is 0 Å². The van der Waals surface area contributed by atoms with Gasteiger partial charge in [-0.25, -0.2) is 0 Å². The van der Waals surface area contributed by atoms with Crippen LogP contribution in [-0.2, 0) is 11.8 Å². The van der Waals surface area contributed by atoms with Gasteiger partial charge in [-0.1, -0.05) is 50.2 Å². The van der Waals surface area contributed by atoms with Crippen molar-refractivity contribution < 1.29 is 0 Å². The van der Waals surface area contributed by atoms with Crippen LogP contribution in [0.5, 0.6) is 0 Å². The highest BCUT2D eigenvalue weighted by atomic mass is 15.2. The number of hydrogen-bond donors (Lipinski definition) is 2. The first-order valence-electron chi connectivity index (χ1n) is 6.56. The number of nitrogens with one attached hydrogen (secondary N) is 1. The molecule has 2 rings (SSSR count). The molecule has 1 heterocycles. The zero-order valence-corrected chi connectivity index (χ0v) is 11.5. The first kappa shape index (κ1) is 13.7. The minimum absolute atomic E-state index is 0.0620. The maximum Gasteiger partial charge on any atom is 0.0419 e. The van der Waals surface area contributed by atoms with E-state index in [1.165, 1.54) is 5.56 Å². The van der Waals surface area contributed by atoms with E-state index < -0.39 is 0 Å². The summed E-state index contributed by atoms with van der Waals surface area (Å²) in [4.78, 5) is 4.38. The van der Waals surface area contributed by atoms with Crippen molar-refractivity contribution in [3.05, 3.63) is 66.0 Å². The van der Waals surface area contributed by atoms with E-state index in [-0.39, 0.29) is 11.5 Å². The van der Waals surface area contributed by atoms with Crippen molar-refractivity contribution in [1.29, 1.82) is 0 Å². The predicted octanol–water partition coefficient (Wildman–Crippen LogP) is 2.43. The van der Waals surface area contributed by atoms with Crippen LogP contribution in [0.2, 0.25) is 0 Å². The molecule has 1 unspecified atom stereocenters. The minimum atomic E-state index is -0.0620. The maximum atomic E-state index is 5.77. The van der Waals surface area contributed by atoms with E-state index in [0.717, 1.165) is 12.1 Å². The normalized spacial score (nSPS) is 13.2. The summed E-state index contributed by atoms with van der Waals surface area (Å²) in [5.41, 5.74) is 5.21. The van der Waals surface area contributed by atoms with Crippen molar-refractivity contribution in [3.63, 3.8) is 0 Å². The van der Waals surface area contributed by atoms with Crippen LogP contribution in [0.1, 0.15) is 25.1 Å². The number of hydrogen-bond acceptors (Lipinski definition) is 3. The van der Waals surface area contributed by atoms with Gasteiger partial charge in [0.2, 0.25) is 0 Å². The average molecular weight is 255 g/mol. The zero-order chi connectivity index (χ0) is 13.7. The van der Waals surface area contributed by atoms with Crippen LogP contribution < -0.4 is 11.3 Å². The molecule has 0 aliphatic rings. The zero-order valence-electron chi connectivity index (χ0n) is 11.5. The third-order valence-corrected chi connectivity index (χ3v) is 3.73. The van der Waals surface area contributed by atoms with Crippen LogP contribution in [0.4, 0.5) is 0 Å². The van der Waals surface area contributed by atoms with Gasteiger partial charge < -0.3 is 0 Å². The quantitative estimate of drug-likeness (QED) is 0.637. The molecule has 0 spiro atoms. The summed E-state index contributed by atoms with van der Waals surface area (Å²) >= 11 is 0. The topological polar surface area (TPSA) is 50.9 Å². The Bertz CT molecular complexity index is 494. The Kier molecular flexibility index (Phi) is 4.30. The highest BCUT2D eigenvalue weighted by Crippen LogP contribution is 2.28.